The van der Waals surface area contributed by atoms with Gasteiger partial charge in [-0.2, -0.15) is 0 Å². The number of aldehydes is 1. The second-order valence-electron chi connectivity index (χ2n) is 1.39. The van der Waals surface area contributed by atoms with E-state index in [2.05, 4.69) is 0 Å². The monoisotopic (exact) mass is 144 g/mol. The van der Waals surface area contributed by atoms with Crippen LogP contribution in [0.4, 0.5) is 0 Å². The fraction of sp³-hybridized carbons (Fsp3) is 0.429. The minimum Gasteiger partial charge on any atom is -0.483 e. The molecule has 0 radical (unpaired) electrons. The number of carbonyl (C=O) groups excluding carboxylic acids is 1. The molecular formula is C7H12O3. The second kappa shape index (κ2) is 15.7. The van der Waals surface area contributed by atoms with Crippen molar-refractivity contribution < 1.29 is 14.7 Å². The number of allylic oxidation sites excluding steroid dienone is 2. The fourth-order valence-electron chi connectivity index (χ4n) is 0.318. The second-order valence-corrected chi connectivity index (χ2v) is 1.39. The molecule has 0 atom stereocenters. The molecule has 0 aromatic rings. The van der Waals surface area contributed by atoms with Gasteiger partial charge in [-0.05, 0) is 6.42 Å². The van der Waals surface area contributed by atoms with Crippen LogP contribution in [0.2, 0.25) is 0 Å². The molecule has 0 spiro atoms. The van der Waals surface area contributed by atoms with Crippen molar-refractivity contribution in [1.29, 1.82) is 0 Å². The van der Waals surface area contributed by atoms with Crippen molar-refractivity contribution in [1.82, 2.24) is 0 Å². The Kier molecular flexibility index (Phi) is 18.2. The van der Waals surface area contributed by atoms with Crippen molar-refractivity contribution in [3.63, 3.8) is 0 Å². The minimum atomic E-state index is -0.250. The van der Waals surface area contributed by atoms with Crippen molar-refractivity contribution in [2.75, 3.05) is 0 Å². The summed E-state index contributed by atoms with van der Waals surface area (Å²) in [7, 11) is 0. The fourth-order valence-corrected chi connectivity index (χ4v) is 0.318. The summed E-state index contributed by atoms with van der Waals surface area (Å²) in [4.78, 5) is 18.0. The van der Waals surface area contributed by atoms with Crippen LogP contribution in [0.3, 0.4) is 0 Å². The number of rotatable bonds is 3. The maximum atomic E-state index is 9.63. The highest BCUT2D eigenvalue weighted by Crippen LogP contribution is 1.80. The van der Waals surface area contributed by atoms with Gasteiger partial charge in [0.1, 0.15) is 6.29 Å². The van der Waals surface area contributed by atoms with Crippen LogP contribution in [-0.4, -0.2) is 17.9 Å². The summed E-state index contributed by atoms with van der Waals surface area (Å²) in [6.07, 6.45) is 6.33. The molecule has 0 fully saturated rings. The van der Waals surface area contributed by atoms with Crippen molar-refractivity contribution >= 4 is 12.8 Å². The first-order valence-electron chi connectivity index (χ1n) is 2.99. The summed E-state index contributed by atoms with van der Waals surface area (Å²) in [6, 6.07) is 0. The van der Waals surface area contributed by atoms with E-state index in [0.717, 1.165) is 12.7 Å². The predicted octanol–water partition coefficient (Wildman–Crippen LogP) is 1.24. The normalized spacial score (nSPS) is 8.10. The number of carboxylic acid groups (broad SMARTS) is 1. The highest BCUT2D eigenvalue weighted by Gasteiger charge is 1.67. The average Bonchev–Trinajstić information content (AvgIpc) is 1.91. The lowest BCUT2D eigenvalue weighted by atomic mass is 10.3. The Labute approximate surface area is 60.4 Å². The van der Waals surface area contributed by atoms with E-state index >= 15 is 0 Å². The molecule has 0 aliphatic rings. The molecule has 0 unspecified atom stereocenters. The predicted molar refractivity (Wildman–Crippen MR) is 38.8 cm³/mol. The molecule has 0 saturated heterocycles. The van der Waals surface area contributed by atoms with Crippen LogP contribution in [0.15, 0.2) is 12.2 Å². The van der Waals surface area contributed by atoms with Crippen LogP contribution in [-0.2, 0) is 9.59 Å². The van der Waals surface area contributed by atoms with Gasteiger partial charge in [-0.15, -0.1) is 0 Å². The first kappa shape index (κ1) is 11.6. The average molecular weight is 144 g/mol. The van der Waals surface area contributed by atoms with Gasteiger partial charge in [-0.3, -0.25) is 4.79 Å². The summed E-state index contributed by atoms with van der Waals surface area (Å²) in [5.41, 5.74) is 0. The molecule has 0 aromatic carbocycles. The first-order chi connectivity index (χ1) is 4.83. The van der Waals surface area contributed by atoms with Gasteiger partial charge in [0.15, 0.2) is 0 Å². The molecule has 0 saturated carbocycles. The van der Waals surface area contributed by atoms with E-state index < -0.39 is 0 Å². The molecule has 0 aromatic heterocycles. The maximum Gasteiger partial charge on any atom is 0.290 e. The molecule has 0 aliphatic heterocycles. The summed E-state index contributed by atoms with van der Waals surface area (Å²) in [5, 5.41) is 6.89. The molecule has 0 bridgehead atoms. The van der Waals surface area contributed by atoms with E-state index in [1.54, 1.807) is 0 Å². The van der Waals surface area contributed by atoms with Crippen LogP contribution >= 0.6 is 0 Å². The lowest BCUT2D eigenvalue weighted by molar-refractivity contribution is -0.122. The quantitative estimate of drug-likeness (QED) is 0.479. The summed E-state index contributed by atoms with van der Waals surface area (Å²) >= 11 is 0. The van der Waals surface area contributed by atoms with Crippen molar-refractivity contribution in [2.24, 2.45) is 0 Å². The lowest BCUT2D eigenvalue weighted by Gasteiger charge is -1.72. The Hall–Kier alpha value is -1.12. The molecule has 1 N–H and O–H groups in total. The lowest BCUT2D eigenvalue weighted by Crippen LogP contribution is -1.63. The molecule has 3 nitrogen and oxygen atoms in total. The van der Waals surface area contributed by atoms with Crippen LogP contribution < -0.4 is 0 Å². The smallest absolute Gasteiger partial charge is 0.290 e. The first-order valence-corrected chi connectivity index (χ1v) is 2.99. The summed E-state index contributed by atoms with van der Waals surface area (Å²) < 4.78 is 0. The maximum absolute atomic E-state index is 9.63. The molecule has 0 aliphatic carbocycles. The topological polar surface area (TPSA) is 54.4 Å². The molecule has 10 heavy (non-hydrogen) atoms. The zero-order chi connectivity index (χ0) is 8.24. The Balaban J connectivity index is 0. The van der Waals surface area contributed by atoms with Crippen molar-refractivity contribution in [3.05, 3.63) is 12.2 Å². The minimum absolute atomic E-state index is 0.250. The zero-order valence-electron chi connectivity index (χ0n) is 5.99. The third-order valence-electron chi connectivity index (χ3n) is 0.635. The van der Waals surface area contributed by atoms with Crippen molar-refractivity contribution in [3.8, 4) is 0 Å². The largest absolute Gasteiger partial charge is 0.483 e. The SMILES string of the molecule is CC/C=C\CC=O.O=CO. The van der Waals surface area contributed by atoms with E-state index in [0.29, 0.717) is 6.42 Å². The number of hydrogen-bond acceptors (Lipinski definition) is 2. The zero-order valence-corrected chi connectivity index (χ0v) is 5.99. The Morgan fingerprint density at radius 3 is 2.10 bits per heavy atom. The van der Waals surface area contributed by atoms with Gasteiger partial charge >= 0.3 is 0 Å². The molecule has 0 rings (SSSR count). The van der Waals surface area contributed by atoms with Gasteiger partial charge in [0.05, 0.1) is 0 Å². The van der Waals surface area contributed by atoms with Gasteiger partial charge in [0, 0.05) is 6.42 Å². The van der Waals surface area contributed by atoms with E-state index in [-0.39, 0.29) is 6.47 Å². The van der Waals surface area contributed by atoms with Crippen LogP contribution in [0.5, 0.6) is 0 Å². The highest BCUT2D eigenvalue weighted by atomic mass is 16.3. The van der Waals surface area contributed by atoms with Gasteiger partial charge < -0.3 is 9.90 Å². The van der Waals surface area contributed by atoms with Crippen LogP contribution in [0, 0.1) is 0 Å². The Morgan fingerprint density at radius 2 is 1.80 bits per heavy atom. The Morgan fingerprint density at radius 1 is 1.30 bits per heavy atom. The molecule has 0 heterocycles. The van der Waals surface area contributed by atoms with Gasteiger partial charge in [0.25, 0.3) is 6.47 Å². The van der Waals surface area contributed by atoms with E-state index in [4.69, 9.17) is 9.90 Å². The van der Waals surface area contributed by atoms with Gasteiger partial charge in [-0.25, -0.2) is 0 Å². The van der Waals surface area contributed by atoms with Crippen LogP contribution in [0.25, 0.3) is 0 Å². The van der Waals surface area contributed by atoms with Gasteiger partial charge in [-0.1, -0.05) is 19.1 Å². The molecule has 58 valence electrons. The molecule has 3 heteroatoms. The summed E-state index contributed by atoms with van der Waals surface area (Å²) in [6.45, 7) is 1.79. The van der Waals surface area contributed by atoms with Crippen LogP contribution in [0.1, 0.15) is 19.8 Å². The summed E-state index contributed by atoms with van der Waals surface area (Å²) in [5.74, 6) is 0. The van der Waals surface area contributed by atoms with E-state index in [1.165, 1.54) is 0 Å². The number of hydrogen-bond donors (Lipinski definition) is 1. The third kappa shape index (κ3) is 28.7. The molecular weight excluding hydrogens is 132 g/mol. The van der Waals surface area contributed by atoms with Crippen molar-refractivity contribution in [2.45, 2.75) is 19.8 Å². The Bertz CT molecular complexity index is 97.0. The highest BCUT2D eigenvalue weighted by molar-refractivity contribution is 5.51. The standard InChI is InChI=1S/C6H10O.CH2O2/c1-2-3-4-5-6-7;2-1-3/h3-4,6H,2,5H2,1H3;1H,(H,2,3)/b4-3-;. The van der Waals surface area contributed by atoms with E-state index in [1.807, 2.05) is 19.1 Å². The molecule has 0 amide bonds. The van der Waals surface area contributed by atoms with Gasteiger partial charge in [0.2, 0.25) is 0 Å². The number of carbonyl (C=O) groups is 2. The third-order valence-corrected chi connectivity index (χ3v) is 0.635. The van der Waals surface area contributed by atoms with E-state index in [9.17, 15) is 4.79 Å².